The van der Waals surface area contributed by atoms with Gasteiger partial charge < -0.3 is 5.32 Å². The molecule has 94 valence electrons. The van der Waals surface area contributed by atoms with E-state index in [-0.39, 0.29) is 0 Å². The summed E-state index contributed by atoms with van der Waals surface area (Å²) >= 11 is 0. The van der Waals surface area contributed by atoms with E-state index in [1.54, 1.807) is 0 Å². The maximum atomic E-state index is 3.67. The van der Waals surface area contributed by atoms with Crippen LogP contribution in [0, 0.1) is 17.3 Å². The molecule has 2 saturated carbocycles. The highest BCUT2D eigenvalue weighted by Crippen LogP contribution is 2.45. The molecule has 0 aliphatic heterocycles. The van der Waals surface area contributed by atoms with Crippen molar-refractivity contribution in [3.8, 4) is 0 Å². The van der Waals surface area contributed by atoms with E-state index in [0.29, 0.717) is 5.41 Å². The van der Waals surface area contributed by atoms with Crippen molar-refractivity contribution in [2.45, 2.75) is 71.3 Å². The van der Waals surface area contributed by atoms with Crippen molar-refractivity contribution in [3.63, 3.8) is 0 Å². The summed E-state index contributed by atoms with van der Waals surface area (Å²) in [6, 6.07) is 0.780. The predicted octanol–water partition coefficient (Wildman–Crippen LogP) is 3.98. The highest BCUT2D eigenvalue weighted by molar-refractivity contribution is 4.95. The summed E-state index contributed by atoms with van der Waals surface area (Å²) in [7, 11) is 2.19. The molecule has 0 aromatic carbocycles. The molecule has 16 heavy (non-hydrogen) atoms. The van der Waals surface area contributed by atoms with E-state index in [2.05, 4.69) is 26.2 Å². The minimum Gasteiger partial charge on any atom is -0.316 e. The predicted molar refractivity (Wildman–Crippen MR) is 70.5 cm³/mol. The van der Waals surface area contributed by atoms with E-state index in [0.717, 1.165) is 17.9 Å². The van der Waals surface area contributed by atoms with E-state index in [4.69, 9.17) is 0 Å². The van der Waals surface area contributed by atoms with Crippen molar-refractivity contribution >= 4 is 0 Å². The number of rotatable bonds is 3. The third-order valence-corrected chi connectivity index (χ3v) is 5.34. The molecule has 2 aliphatic rings. The lowest BCUT2D eigenvalue weighted by molar-refractivity contribution is 0.126. The fourth-order valence-electron chi connectivity index (χ4n) is 4.27. The smallest absolute Gasteiger partial charge is 0.0146 e. The summed E-state index contributed by atoms with van der Waals surface area (Å²) in [6.45, 7) is 4.95. The molecular formula is C15H29N. The van der Waals surface area contributed by atoms with Gasteiger partial charge in [-0.25, -0.2) is 0 Å². The second-order valence-electron chi connectivity index (χ2n) is 6.65. The second kappa shape index (κ2) is 5.08. The molecule has 1 N–H and O–H groups in total. The van der Waals surface area contributed by atoms with E-state index < -0.39 is 0 Å². The van der Waals surface area contributed by atoms with Gasteiger partial charge in [-0.2, -0.15) is 0 Å². The van der Waals surface area contributed by atoms with Crippen LogP contribution in [0.5, 0.6) is 0 Å². The van der Waals surface area contributed by atoms with Gasteiger partial charge in [0.1, 0.15) is 0 Å². The zero-order valence-electron chi connectivity index (χ0n) is 11.4. The molecule has 0 amide bonds. The maximum Gasteiger partial charge on any atom is 0.0146 e. The van der Waals surface area contributed by atoms with Crippen LogP contribution in [-0.4, -0.2) is 13.1 Å². The van der Waals surface area contributed by atoms with E-state index in [9.17, 15) is 0 Å². The zero-order valence-corrected chi connectivity index (χ0v) is 11.4. The normalized spacial score (nSPS) is 36.2. The first-order chi connectivity index (χ1) is 7.65. The van der Waals surface area contributed by atoms with E-state index in [1.807, 2.05) is 0 Å². The van der Waals surface area contributed by atoms with Crippen LogP contribution in [0.2, 0.25) is 0 Å². The molecule has 1 atom stereocenters. The summed E-state index contributed by atoms with van der Waals surface area (Å²) in [5.41, 5.74) is 0.597. The van der Waals surface area contributed by atoms with Gasteiger partial charge in [-0.05, 0) is 50.0 Å². The Morgan fingerprint density at radius 2 is 1.62 bits per heavy atom. The summed E-state index contributed by atoms with van der Waals surface area (Å²) in [4.78, 5) is 0. The van der Waals surface area contributed by atoms with Crippen molar-refractivity contribution in [1.82, 2.24) is 5.32 Å². The van der Waals surface area contributed by atoms with Crippen LogP contribution in [0.25, 0.3) is 0 Å². The Labute approximate surface area is 101 Å². The quantitative estimate of drug-likeness (QED) is 0.763. The molecule has 2 fully saturated rings. The summed E-state index contributed by atoms with van der Waals surface area (Å²) < 4.78 is 0. The first-order valence-corrected chi connectivity index (χ1v) is 7.33. The first-order valence-electron chi connectivity index (χ1n) is 7.33. The molecule has 2 aliphatic carbocycles. The lowest BCUT2D eigenvalue weighted by Crippen LogP contribution is -2.46. The average molecular weight is 223 g/mol. The number of hydrogen-bond donors (Lipinski definition) is 1. The molecule has 0 aromatic rings. The lowest BCUT2D eigenvalue weighted by atomic mass is 9.69. The number of nitrogens with one attached hydrogen (secondary N) is 1. The van der Waals surface area contributed by atoms with Gasteiger partial charge in [-0.1, -0.05) is 39.5 Å². The van der Waals surface area contributed by atoms with Crippen molar-refractivity contribution in [2.24, 2.45) is 17.3 Å². The Kier molecular flexibility index (Phi) is 3.94. The molecule has 1 unspecified atom stereocenters. The van der Waals surface area contributed by atoms with Crippen LogP contribution < -0.4 is 5.32 Å². The van der Waals surface area contributed by atoms with Gasteiger partial charge in [0.15, 0.2) is 0 Å². The molecule has 0 bridgehead atoms. The second-order valence-corrected chi connectivity index (χ2v) is 6.65. The summed E-state index contributed by atoms with van der Waals surface area (Å²) in [5.74, 6) is 1.93. The van der Waals surface area contributed by atoms with Crippen molar-refractivity contribution < 1.29 is 0 Å². The molecular weight excluding hydrogens is 194 g/mol. The topological polar surface area (TPSA) is 12.0 Å². The van der Waals surface area contributed by atoms with Crippen molar-refractivity contribution in [2.75, 3.05) is 7.05 Å². The van der Waals surface area contributed by atoms with Crippen molar-refractivity contribution in [1.29, 1.82) is 0 Å². The minimum atomic E-state index is 0.597. The van der Waals surface area contributed by atoms with Gasteiger partial charge in [-0.3, -0.25) is 0 Å². The van der Waals surface area contributed by atoms with Gasteiger partial charge in [0.25, 0.3) is 0 Å². The Bertz CT molecular complexity index is 209. The minimum absolute atomic E-state index is 0.597. The molecule has 0 aromatic heterocycles. The van der Waals surface area contributed by atoms with Gasteiger partial charge in [-0.15, -0.1) is 0 Å². The lowest BCUT2D eigenvalue weighted by Gasteiger charge is -2.42. The number of hydrogen-bond acceptors (Lipinski definition) is 1. The molecule has 0 spiro atoms. The van der Waals surface area contributed by atoms with Crippen LogP contribution in [0.3, 0.4) is 0 Å². The van der Waals surface area contributed by atoms with Gasteiger partial charge >= 0.3 is 0 Å². The van der Waals surface area contributed by atoms with E-state index >= 15 is 0 Å². The molecule has 1 heteroatoms. The molecule has 0 heterocycles. The third kappa shape index (κ3) is 2.45. The summed E-state index contributed by atoms with van der Waals surface area (Å²) in [6.07, 6.45) is 11.6. The average Bonchev–Trinajstić information content (AvgIpc) is 2.70. The van der Waals surface area contributed by atoms with Crippen LogP contribution in [0.4, 0.5) is 0 Å². The standard InChI is InChI=1S/C15H29N/c1-12-6-8-13(9-7-12)14(16-3)15(2)10-4-5-11-15/h12-14,16H,4-11H2,1-3H3. The molecule has 1 nitrogen and oxygen atoms in total. The van der Waals surface area contributed by atoms with Gasteiger partial charge in [0, 0.05) is 6.04 Å². The Balaban J connectivity index is 1.99. The third-order valence-electron chi connectivity index (χ3n) is 5.34. The van der Waals surface area contributed by atoms with Crippen LogP contribution >= 0.6 is 0 Å². The zero-order chi connectivity index (χ0) is 11.6. The fourth-order valence-corrected chi connectivity index (χ4v) is 4.27. The summed E-state index contributed by atoms with van der Waals surface area (Å²) in [5, 5.41) is 3.67. The van der Waals surface area contributed by atoms with Gasteiger partial charge in [0.05, 0.1) is 0 Å². The van der Waals surface area contributed by atoms with Crippen molar-refractivity contribution in [3.05, 3.63) is 0 Å². The monoisotopic (exact) mass is 223 g/mol. The van der Waals surface area contributed by atoms with Crippen LogP contribution in [-0.2, 0) is 0 Å². The SMILES string of the molecule is CNC(C1CCC(C)CC1)C1(C)CCCC1. The molecule has 0 saturated heterocycles. The Morgan fingerprint density at radius 3 is 2.12 bits per heavy atom. The Hall–Kier alpha value is -0.0400. The maximum absolute atomic E-state index is 3.67. The molecule has 2 rings (SSSR count). The van der Waals surface area contributed by atoms with Crippen LogP contribution in [0.15, 0.2) is 0 Å². The fraction of sp³-hybridized carbons (Fsp3) is 1.00. The largest absolute Gasteiger partial charge is 0.316 e. The van der Waals surface area contributed by atoms with Crippen LogP contribution in [0.1, 0.15) is 65.2 Å². The highest BCUT2D eigenvalue weighted by atomic mass is 14.9. The highest BCUT2D eigenvalue weighted by Gasteiger charge is 2.40. The van der Waals surface area contributed by atoms with Gasteiger partial charge in [0.2, 0.25) is 0 Å². The Morgan fingerprint density at radius 1 is 1.06 bits per heavy atom. The molecule has 0 radical (unpaired) electrons. The first kappa shape index (κ1) is 12.4. The van der Waals surface area contributed by atoms with E-state index in [1.165, 1.54) is 51.4 Å².